The molecule has 12 nitrogen and oxygen atoms in total. The van der Waals surface area contributed by atoms with E-state index in [1.165, 1.54) is 0 Å². The van der Waals surface area contributed by atoms with Crippen molar-refractivity contribution in [3.63, 3.8) is 0 Å². The molecule has 5 unspecified atom stereocenters. The molecule has 5 atom stereocenters. The van der Waals surface area contributed by atoms with Crippen molar-refractivity contribution >= 4 is 29.6 Å². The SMILES string of the molecule is CCC(C)C(NC(=O)C(CC(N)=O)NC(=O)C(N)CO)C(=O)NC(C(=O)O)C(C)C. The second-order valence-electron chi connectivity index (χ2n) is 7.46. The smallest absolute Gasteiger partial charge is 0.326 e. The molecule has 0 saturated heterocycles. The van der Waals surface area contributed by atoms with Crippen LogP contribution < -0.4 is 27.4 Å². The molecular weight excluding hydrogens is 398 g/mol. The number of nitrogens with one attached hydrogen (secondary N) is 3. The van der Waals surface area contributed by atoms with Crippen LogP contribution in [0.25, 0.3) is 0 Å². The molecule has 0 spiro atoms. The Bertz CT molecular complexity index is 640. The minimum Gasteiger partial charge on any atom is -0.480 e. The second kappa shape index (κ2) is 12.8. The summed E-state index contributed by atoms with van der Waals surface area (Å²) in [6.45, 7) is 6.02. The first-order valence-electron chi connectivity index (χ1n) is 9.64. The summed E-state index contributed by atoms with van der Waals surface area (Å²) in [4.78, 5) is 60.0. The number of aliphatic hydroxyl groups excluding tert-OH is 1. The molecule has 0 aromatic carbocycles. The predicted molar refractivity (Wildman–Crippen MR) is 107 cm³/mol. The summed E-state index contributed by atoms with van der Waals surface area (Å²) >= 11 is 0. The van der Waals surface area contributed by atoms with Gasteiger partial charge >= 0.3 is 5.97 Å². The molecule has 0 heterocycles. The number of carboxylic acids is 1. The van der Waals surface area contributed by atoms with Crippen LogP contribution in [0.2, 0.25) is 0 Å². The number of amides is 4. The fourth-order valence-electron chi connectivity index (χ4n) is 2.48. The first kappa shape index (κ1) is 27.3. The van der Waals surface area contributed by atoms with Gasteiger partial charge in [-0.3, -0.25) is 19.2 Å². The molecule has 0 rings (SSSR count). The number of rotatable bonds is 13. The van der Waals surface area contributed by atoms with E-state index in [4.69, 9.17) is 16.6 Å². The van der Waals surface area contributed by atoms with Crippen LogP contribution in [0.1, 0.15) is 40.5 Å². The molecule has 30 heavy (non-hydrogen) atoms. The molecule has 0 aliphatic heterocycles. The summed E-state index contributed by atoms with van der Waals surface area (Å²) in [6, 6.07) is -5.02. The third-order valence-corrected chi connectivity index (χ3v) is 4.60. The van der Waals surface area contributed by atoms with Crippen LogP contribution in [0.5, 0.6) is 0 Å². The lowest BCUT2D eigenvalue weighted by Crippen LogP contribution is -2.59. The van der Waals surface area contributed by atoms with Crippen LogP contribution in [-0.2, 0) is 24.0 Å². The Labute approximate surface area is 175 Å². The molecule has 0 fully saturated rings. The standard InChI is InChI=1S/C18H33N5O7/c1-5-9(4)14(17(28)22-13(8(2)3)18(29)30)23-16(27)11(6-12(20)25)21-15(26)10(19)7-24/h8-11,13-14,24H,5-7,19H2,1-4H3,(H2,20,25)(H,21,26)(H,22,28)(H,23,27)(H,29,30). The summed E-state index contributed by atoms with van der Waals surface area (Å²) in [5.74, 6) is -5.36. The van der Waals surface area contributed by atoms with Gasteiger partial charge in [0, 0.05) is 0 Å². The number of aliphatic carboxylic acids is 1. The third kappa shape index (κ3) is 8.74. The number of aliphatic hydroxyl groups is 1. The fourth-order valence-corrected chi connectivity index (χ4v) is 2.48. The maximum atomic E-state index is 12.7. The Balaban J connectivity index is 5.54. The summed E-state index contributed by atoms with van der Waals surface area (Å²) in [5, 5.41) is 25.3. The third-order valence-electron chi connectivity index (χ3n) is 4.60. The summed E-state index contributed by atoms with van der Waals surface area (Å²) in [5.41, 5.74) is 10.5. The lowest BCUT2D eigenvalue weighted by atomic mass is 9.96. The van der Waals surface area contributed by atoms with Crippen LogP contribution in [0.15, 0.2) is 0 Å². The van der Waals surface area contributed by atoms with E-state index in [0.29, 0.717) is 6.42 Å². The van der Waals surface area contributed by atoms with Crippen LogP contribution >= 0.6 is 0 Å². The molecule has 0 aliphatic rings. The Kier molecular flexibility index (Phi) is 11.6. The van der Waals surface area contributed by atoms with Crippen molar-refractivity contribution in [2.45, 2.75) is 64.7 Å². The maximum absolute atomic E-state index is 12.7. The van der Waals surface area contributed by atoms with Crippen molar-refractivity contribution < 1.29 is 34.2 Å². The molecule has 0 aliphatic carbocycles. The minimum atomic E-state index is -1.42. The van der Waals surface area contributed by atoms with Crippen LogP contribution in [0.3, 0.4) is 0 Å². The highest BCUT2D eigenvalue weighted by atomic mass is 16.4. The van der Waals surface area contributed by atoms with Crippen molar-refractivity contribution in [2.75, 3.05) is 6.61 Å². The zero-order valence-corrected chi connectivity index (χ0v) is 17.7. The predicted octanol–water partition coefficient (Wildman–Crippen LogP) is -2.58. The highest BCUT2D eigenvalue weighted by molar-refractivity contribution is 5.96. The fraction of sp³-hybridized carbons (Fsp3) is 0.722. The maximum Gasteiger partial charge on any atom is 0.326 e. The highest BCUT2D eigenvalue weighted by Crippen LogP contribution is 2.11. The lowest BCUT2D eigenvalue weighted by molar-refractivity contribution is -0.144. The average Bonchev–Trinajstić information content (AvgIpc) is 2.66. The van der Waals surface area contributed by atoms with E-state index in [-0.39, 0.29) is 5.92 Å². The molecule has 0 aromatic rings. The van der Waals surface area contributed by atoms with E-state index >= 15 is 0 Å². The molecule has 0 radical (unpaired) electrons. The summed E-state index contributed by atoms with van der Waals surface area (Å²) < 4.78 is 0. The van der Waals surface area contributed by atoms with E-state index in [1.807, 2.05) is 0 Å². The van der Waals surface area contributed by atoms with Gasteiger partial charge in [-0.2, -0.15) is 0 Å². The molecule has 0 saturated carbocycles. The Hall–Kier alpha value is -2.73. The van der Waals surface area contributed by atoms with Gasteiger partial charge in [-0.15, -0.1) is 0 Å². The molecule has 9 N–H and O–H groups in total. The van der Waals surface area contributed by atoms with E-state index in [0.717, 1.165) is 0 Å². The van der Waals surface area contributed by atoms with E-state index < -0.39 is 72.7 Å². The normalized spacial score (nSPS) is 16.0. The highest BCUT2D eigenvalue weighted by Gasteiger charge is 2.33. The van der Waals surface area contributed by atoms with Crippen molar-refractivity contribution in [2.24, 2.45) is 23.3 Å². The molecule has 12 heteroatoms. The van der Waals surface area contributed by atoms with Crippen LogP contribution in [-0.4, -0.2) is 70.6 Å². The van der Waals surface area contributed by atoms with Gasteiger partial charge in [0.1, 0.15) is 24.2 Å². The molecule has 172 valence electrons. The molecule has 4 amide bonds. The van der Waals surface area contributed by atoms with Crippen molar-refractivity contribution in [1.29, 1.82) is 0 Å². The number of carbonyl (C=O) groups excluding carboxylic acids is 4. The van der Waals surface area contributed by atoms with Gasteiger partial charge in [0.25, 0.3) is 0 Å². The minimum absolute atomic E-state index is 0.389. The van der Waals surface area contributed by atoms with Crippen LogP contribution in [0.4, 0.5) is 0 Å². The first-order valence-corrected chi connectivity index (χ1v) is 9.64. The van der Waals surface area contributed by atoms with Crippen molar-refractivity contribution in [3.05, 3.63) is 0 Å². The molecule has 0 bridgehead atoms. The van der Waals surface area contributed by atoms with E-state index in [9.17, 15) is 29.1 Å². The lowest BCUT2D eigenvalue weighted by Gasteiger charge is -2.28. The topological polar surface area (TPSA) is 214 Å². The number of nitrogens with two attached hydrogens (primary N) is 2. The number of carboxylic acid groups (broad SMARTS) is 1. The second-order valence-corrected chi connectivity index (χ2v) is 7.46. The molecule has 0 aromatic heterocycles. The summed E-state index contributed by atoms with van der Waals surface area (Å²) in [6.07, 6.45) is -0.0890. The van der Waals surface area contributed by atoms with Crippen LogP contribution in [0, 0.1) is 11.8 Å². The zero-order valence-electron chi connectivity index (χ0n) is 17.7. The van der Waals surface area contributed by atoms with E-state index in [1.54, 1.807) is 27.7 Å². The van der Waals surface area contributed by atoms with Gasteiger partial charge in [-0.25, -0.2) is 4.79 Å². The van der Waals surface area contributed by atoms with Gasteiger partial charge in [0.05, 0.1) is 13.0 Å². The number of primary amides is 1. The number of hydrogen-bond acceptors (Lipinski definition) is 7. The average molecular weight is 431 g/mol. The number of carbonyl (C=O) groups is 5. The number of hydrogen-bond donors (Lipinski definition) is 7. The quantitative estimate of drug-likeness (QED) is 0.164. The van der Waals surface area contributed by atoms with Gasteiger partial charge in [-0.05, 0) is 11.8 Å². The summed E-state index contributed by atoms with van der Waals surface area (Å²) in [7, 11) is 0. The monoisotopic (exact) mass is 431 g/mol. The largest absolute Gasteiger partial charge is 0.480 e. The van der Waals surface area contributed by atoms with Gasteiger partial charge < -0.3 is 37.6 Å². The zero-order chi connectivity index (χ0) is 23.6. The van der Waals surface area contributed by atoms with E-state index in [2.05, 4.69) is 16.0 Å². The molecular formula is C18H33N5O7. The van der Waals surface area contributed by atoms with Crippen molar-refractivity contribution in [3.8, 4) is 0 Å². The Morgan fingerprint density at radius 1 is 0.900 bits per heavy atom. The van der Waals surface area contributed by atoms with Gasteiger partial charge in [-0.1, -0.05) is 34.1 Å². The van der Waals surface area contributed by atoms with Gasteiger partial charge in [0.15, 0.2) is 0 Å². The Morgan fingerprint density at radius 3 is 1.83 bits per heavy atom. The Morgan fingerprint density at radius 2 is 1.43 bits per heavy atom. The van der Waals surface area contributed by atoms with Gasteiger partial charge in [0.2, 0.25) is 23.6 Å². The van der Waals surface area contributed by atoms with Crippen molar-refractivity contribution in [1.82, 2.24) is 16.0 Å². The first-order chi connectivity index (χ1) is 13.8.